The fourth-order valence-corrected chi connectivity index (χ4v) is 3.78. The van der Waals surface area contributed by atoms with E-state index in [1.165, 1.54) is 13.2 Å². The van der Waals surface area contributed by atoms with Gasteiger partial charge in [0.25, 0.3) is 5.91 Å². The Labute approximate surface area is 188 Å². The first-order chi connectivity index (χ1) is 15.7. The van der Waals surface area contributed by atoms with E-state index in [0.717, 1.165) is 4.68 Å². The normalized spacial score (nSPS) is 18.7. The van der Waals surface area contributed by atoms with Gasteiger partial charge in [0, 0.05) is 18.2 Å². The minimum Gasteiger partial charge on any atom is -0.497 e. The Balaban J connectivity index is 1.59. The fraction of sp³-hybridized carbons (Fsp3) is 0.304. The predicted molar refractivity (Wildman–Crippen MR) is 116 cm³/mol. The van der Waals surface area contributed by atoms with E-state index in [0.29, 0.717) is 22.6 Å². The number of carbonyl (C=O) groups is 1. The molecule has 33 heavy (non-hydrogen) atoms. The van der Waals surface area contributed by atoms with Crippen LogP contribution in [-0.2, 0) is 0 Å². The summed E-state index contributed by atoms with van der Waals surface area (Å²) in [5, 5.41) is 19.2. The summed E-state index contributed by atoms with van der Waals surface area (Å²) in [6.45, 7) is 1.62. The Bertz CT molecular complexity index is 1130. The molecule has 0 bridgehead atoms. The first-order valence-electron chi connectivity index (χ1n) is 10.3. The Kier molecular flexibility index (Phi) is 6.03. The third-order valence-electron chi connectivity index (χ3n) is 5.59. The van der Waals surface area contributed by atoms with Crippen molar-refractivity contribution < 1.29 is 27.8 Å². The van der Waals surface area contributed by atoms with Crippen LogP contribution < -0.4 is 15.4 Å². The maximum Gasteiger partial charge on any atom is 0.410 e. The van der Waals surface area contributed by atoms with Crippen LogP contribution in [0.5, 0.6) is 5.75 Å². The summed E-state index contributed by atoms with van der Waals surface area (Å²) in [6.07, 6.45) is -5.47. The van der Waals surface area contributed by atoms with Crippen molar-refractivity contribution in [2.45, 2.75) is 37.7 Å². The second-order valence-corrected chi connectivity index (χ2v) is 7.87. The van der Waals surface area contributed by atoms with E-state index < -0.39 is 30.3 Å². The monoisotopic (exact) mass is 460 g/mol. The molecule has 4 rings (SSSR count). The number of ether oxygens (including phenoxy) is 1. The lowest BCUT2D eigenvalue weighted by Gasteiger charge is -2.33. The first kappa shape index (κ1) is 22.7. The maximum atomic E-state index is 13.9. The second-order valence-electron chi connectivity index (χ2n) is 7.87. The van der Waals surface area contributed by atoms with Gasteiger partial charge in [-0.2, -0.15) is 18.3 Å². The van der Waals surface area contributed by atoms with Gasteiger partial charge in [0.15, 0.2) is 11.7 Å². The molecule has 174 valence electrons. The molecule has 2 aromatic carbocycles. The number of hydrogen-bond acceptors (Lipinski definition) is 5. The van der Waals surface area contributed by atoms with Crippen molar-refractivity contribution in [3.05, 3.63) is 71.4 Å². The highest BCUT2D eigenvalue weighted by Crippen LogP contribution is 2.43. The van der Waals surface area contributed by atoms with E-state index in [-0.39, 0.29) is 17.9 Å². The van der Waals surface area contributed by atoms with Gasteiger partial charge in [0.1, 0.15) is 11.6 Å². The molecule has 2 heterocycles. The van der Waals surface area contributed by atoms with Crippen molar-refractivity contribution in [1.29, 1.82) is 0 Å². The standard InChI is InChI=1S/C23H23F3N4O3/c1-13(31)14-3-7-16(8-4-14)27-22(32)19-12-21-28-18(15-5-9-17(33-2)10-6-15)11-20(23(24,25)26)30(21)29-19/h3-10,12-13,18,20,28,31H,11H2,1-2H3,(H,27,32)/t13-,18+,20+/m1/s1. The molecule has 0 fully saturated rings. The van der Waals surface area contributed by atoms with Gasteiger partial charge in [0.2, 0.25) is 0 Å². The van der Waals surface area contributed by atoms with Crippen molar-refractivity contribution >= 4 is 17.4 Å². The molecule has 3 atom stereocenters. The van der Waals surface area contributed by atoms with Gasteiger partial charge >= 0.3 is 6.18 Å². The van der Waals surface area contributed by atoms with Gasteiger partial charge in [0.05, 0.1) is 19.3 Å². The molecule has 0 saturated heterocycles. The number of nitrogens with one attached hydrogen (secondary N) is 2. The average molecular weight is 460 g/mol. The van der Waals surface area contributed by atoms with Crippen LogP contribution in [0, 0.1) is 0 Å². The van der Waals surface area contributed by atoms with Crippen LogP contribution in [0.15, 0.2) is 54.6 Å². The molecule has 0 spiro atoms. The van der Waals surface area contributed by atoms with Gasteiger partial charge in [-0.1, -0.05) is 24.3 Å². The van der Waals surface area contributed by atoms with Crippen LogP contribution in [0.25, 0.3) is 0 Å². The van der Waals surface area contributed by atoms with Crippen LogP contribution in [0.2, 0.25) is 0 Å². The topological polar surface area (TPSA) is 88.4 Å². The van der Waals surface area contributed by atoms with Crippen molar-refractivity contribution in [3.63, 3.8) is 0 Å². The van der Waals surface area contributed by atoms with Crippen molar-refractivity contribution in [3.8, 4) is 5.75 Å². The number of aromatic nitrogens is 2. The number of carbonyl (C=O) groups excluding carboxylic acids is 1. The van der Waals surface area contributed by atoms with Gasteiger partial charge in [-0.15, -0.1) is 0 Å². The molecule has 3 N–H and O–H groups in total. The Hall–Kier alpha value is -3.53. The number of anilines is 2. The minimum absolute atomic E-state index is 0.110. The molecule has 0 aliphatic carbocycles. The zero-order valence-electron chi connectivity index (χ0n) is 17.9. The molecule has 1 aromatic heterocycles. The summed E-state index contributed by atoms with van der Waals surface area (Å²) in [6, 6.07) is 12.1. The molecule has 0 saturated carbocycles. The summed E-state index contributed by atoms with van der Waals surface area (Å²) in [5.74, 6) is 0.0804. The summed E-state index contributed by atoms with van der Waals surface area (Å²) < 4.78 is 47.5. The van der Waals surface area contributed by atoms with Crippen molar-refractivity contribution in [1.82, 2.24) is 9.78 Å². The highest BCUT2D eigenvalue weighted by atomic mass is 19.4. The SMILES string of the molecule is COc1ccc([C@@H]2C[C@@H](C(F)(F)F)n3nc(C(=O)Nc4ccc([C@@H](C)O)cc4)cc3N2)cc1. The number of hydrogen-bond donors (Lipinski definition) is 3. The molecular formula is C23H23F3N4O3. The molecule has 1 amide bonds. The number of amides is 1. The lowest BCUT2D eigenvalue weighted by atomic mass is 9.97. The van der Waals surface area contributed by atoms with Crippen LogP contribution in [-0.4, -0.2) is 34.1 Å². The molecule has 1 aliphatic rings. The second kappa shape index (κ2) is 8.78. The van der Waals surface area contributed by atoms with E-state index in [1.54, 1.807) is 55.5 Å². The van der Waals surface area contributed by atoms with E-state index in [1.807, 2.05) is 0 Å². The smallest absolute Gasteiger partial charge is 0.410 e. The van der Waals surface area contributed by atoms with Crippen LogP contribution in [0.1, 0.15) is 53.1 Å². The zero-order chi connectivity index (χ0) is 23.8. The number of benzene rings is 2. The number of methoxy groups -OCH3 is 1. The van der Waals surface area contributed by atoms with E-state index in [4.69, 9.17) is 4.74 Å². The summed E-state index contributed by atoms with van der Waals surface area (Å²) in [4.78, 5) is 12.7. The van der Waals surface area contributed by atoms with E-state index in [9.17, 15) is 23.1 Å². The molecule has 1 aliphatic heterocycles. The fourth-order valence-electron chi connectivity index (χ4n) is 3.78. The van der Waals surface area contributed by atoms with Gasteiger partial charge in [-0.05, 0) is 42.3 Å². The Morgan fingerprint density at radius 3 is 2.45 bits per heavy atom. The minimum atomic E-state index is -4.54. The number of aliphatic hydroxyl groups is 1. The molecule has 10 heteroatoms. The number of halogens is 3. The van der Waals surface area contributed by atoms with Crippen molar-refractivity contribution in [2.24, 2.45) is 0 Å². The lowest BCUT2D eigenvalue weighted by molar-refractivity contribution is -0.173. The van der Waals surface area contributed by atoms with Crippen LogP contribution >= 0.6 is 0 Å². The largest absolute Gasteiger partial charge is 0.497 e. The average Bonchev–Trinajstić information content (AvgIpc) is 3.22. The molecular weight excluding hydrogens is 437 g/mol. The van der Waals surface area contributed by atoms with E-state index in [2.05, 4.69) is 15.7 Å². The summed E-state index contributed by atoms with van der Waals surface area (Å²) >= 11 is 0. The number of alkyl halides is 3. The highest BCUT2D eigenvalue weighted by molar-refractivity contribution is 6.03. The van der Waals surface area contributed by atoms with Crippen LogP contribution in [0.4, 0.5) is 24.7 Å². The van der Waals surface area contributed by atoms with Gasteiger partial charge in [-0.25, -0.2) is 4.68 Å². The maximum absolute atomic E-state index is 13.9. The number of nitrogens with zero attached hydrogens (tertiary/aromatic N) is 2. The number of fused-ring (bicyclic) bond motifs is 1. The molecule has 0 radical (unpaired) electrons. The Morgan fingerprint density at radius 2 is 1.88 bits per heavy atom. The quantitative estimate of drug-likeness (QED) is 0.506. The third-order valence-corrected chi connectivity index (χ3v) is 5.59. The zero-order valence-corrected chi connectivity index (χ0v) is 17.9. The number of aliphatic hydroxyl groups excluding tert-OH is 1. The van der Waals surface area contributed by atoms with Crippen LogP contribution in [0.3, 0.4) is 0 Å². The Morgan fingerprint density at radius 1 is 1.21 bits per heavy atom. The summed E-state index contributed by atoms with van der Waals surface area (Å²) in [5.41, 5.74) is 1.64. The molecule has 7 nitrogen and oxygen atoms in total. The van der Waals surface area contributed by atoms with E-state index >= 15 is 0 Å². The van der Waals surface area contributed by atoms with Gasteiger partial charge < -0.3 is 20.5 Å². The molecule has 0 unspecified atom stereocenters. The van der Waals surface area contributed by atoms with Crippen molar-refractivity contribution in [2.75, 3.05) is 17.7 Å². The molecule has 3 aromatic rings. The lowest BCUT2D eigenvalue weighted by Crippen LogP contribution is -2.35. The predicted octanol–water partition coefficient (Wildman–Crippen LogP) is 4.86. The first-order valence-corrected chi connectivity index (χ1v) is 10.3. The third kappa shape index (κ3) is 4.80. The van der Waals surface area contributed by atoms with Gasteiger partial charge in [-0.3, -0.25) is 4.79 Å². The number of rotatable bonds is 5. The summed E-state index contributed by atoms with van der Waals surface area (Å²) in [7, 11) is 1.51. The highest BCUT2D eigenvalue weighted by Gasteiger charge is 2.46.